The molecule has 0 rings (SSSR count). The zero-order valence-electron chi connectivity index (χ0n) is 21.7. The molecule has 0 saturated carbocycles. The molecule has 32 heavy (non-hydrogen) atoms. The van der Waals surface area contributed by atoms with E-state index >= 15 is 0 Å². The minimum absolute atomic E-state index is 0. The van der Waals surface area contributed by atoms with E-state index in [0.717, 1.165) is 43.3 Å². The van der Waals surface area contributed by atoms with Crippen LogP contribution in [0, 0.1) is 0 Å². The Kier molecular flexibility index (Phi) is 24.5. The first-order chi connectivity index (χ1) is 14.8. The van der Waals surface area contributed by atoms with E-state index in [1.165, 1.54) is 83.5 Å². The quantitative estimate of drug-likeness (QED) is 0.0705. The van der Waals surface area contributed by atoms with Gasteiger partial charge in [-0.2, -0.15) is 0 Å². The van der Waals surface area contributed by atoms with E-state index in [2.05, 4.69) is 32.3 Å². The second-order valence-electron chi connectivity index (χ2n) is 9.93. The summed E-state index contributed by atoms with van der Waals surface area (Å²) in [6.45, 7) is 8.28. The maximum absolute atomic E-state index is 12.0. The van der Waals surface area contributed by atoms with Gasteiger partial charge in [0, 0.05) is 5.75 Å². The summed E-state index contributed by atoms with van der Waals surface area (Å²) in [4.78, 5) is 0. The van der Waals surface area contributed by atoms with Gasteiger partial charge in [-0.15, -0.1) is 23.5 Å². The standard InChI is InChI=1S/C26H54N2O2S.BrH/c1-5-7-8-9-10-11-12-13-14-15-16-17-18-19-20-21-26-31(29,30)27-23-22-25-28(3,4)24-6-2;/h6H,2,5,7-26H2,1,3-4H3;1H. The van der Waals surface area contributed by atoms with Gasteiger partial charge < -0.3 is 9.21 Å². The van der Waals surface area contributed by atoms with E-state index < -0.39 is 10.0 Å². The Hall–Kier alpha value is 0.0900. The number of hydrogen-bond acceptors (Lipinski definition) is 2. The molecule has 6 heteroatoms. The number of sulfonamides is 1. The van der Waals surface area contributed by atoms with E-state index in [1.807, 2.05) is 6.08 Å². The molecule has 0 saturated heterocycles. The Bertz CT molecular complexity index is 510. The molecule has 0 unspecified atom stereocenters. The van der Waals surface area contributed by atoms with Gasteiger partial charge in [0.1, 0.15) is 0 Å². The Morgan fingerprint density at radius 2 is 1.12 bits per heavy atom. The van der Waals surface area contributed by atoms with Crippen molar-refractivity contribution in [2.45, 2.75) is 116 Å². The number of unbranched alkanes of at least 4 members (excludes halogenated alkanes) is 15. The summed E-state index contributed by atoms with van der Waals surface area (Å²) < 4.78 is 28.9. The fourth-order valence-corrected chi connectivity index (χ4v) is 5.15. The van der Waals surface area contributed by atoms with Gasteiger partial charge in [-0.05, 0) is 18.9 Å². The van der Waals surface area contributed by atoms with Gasteiger partial charge in [0.2, 0.25) is 0 Å². The van der Waals surface area contributed by atoms with Crippen molar-refractivity contribution in [2.24, 2.45) is 0 Å². The molecule has 0 aromatic carbocycles. The lowest BCUT2D eigenvalue weighted by Gasteiger charge is -2.30. The first kappa shape index (κ1) is 34.3. The molecular weight excluding hydrogens is 484 g/mol. The molecule has 0 amide bonds. The molecule has 0 heterocycles. The van der Waals surface area contributed by atoms with Gasteiger partial charge in [-0.25, -0.2) is 8.42 Å². The Balaban J connectivity index is 0. The summed E-state index contributed by atoms with van der Waals surface area (Å²) in [5.41, 5.74) is 0. The average molecular weight is 540 g/mol. The fraction of sp³-hybridized carbons (Fsp3) is 0.923. The first-order valence-electron chi connectivity index (χ1n) is 13.2. The van der Waals surface area contributed by atoms with Gasteiger partial charge in [-0.1, -0.05) is 110 Å². The fourth-order valence-electron chi connectivity index (χ4n) is 4.04. The zero-order valence-corrected chi connectivity index (χ0v) is 24.2. The summed E-state index contributed by atoms with van der Waals surface area (Å²) >= 11 is 0. The predicted octanol–water partition coefficient (Wildman–Crippen LogP) is 8.18. The highest BCUT2D eigenvalue weighted by atomic mass is 79.9. The van der Waals surface area contributed by atoms with Crippen molar-refractivity contribution in [3.63, 3.8) is 0 Å². The molecule has 0 aromatic rings. The number of halogens is 1. The van der Waals surface area contributed by atoms with E-state index in [0.29, 0.717) is 6.54 Å². The molecule has 0 radical (unpaired) electrons. The molecule has 4 nitrogen and oxygen atoms in total. The Morgan fingerprint density at radius 1 is 0.719 bits per heavy atom. The van der Waals surface area contributed by atoms with Crippen molar-refractivity contribution in [2.75, 3.05) is 39.5 Å². The highest BCUT2D eigenvalue weighted by molar-refractivity contribution is 8.93. The largest absolute Gasteiger partial charge is 0.549 e. The van der Waals surface area contributed by atoms with Crippen LogP contribution in [-0.4, -0.2) is 52.4 Å². The molecule has 0 aliphatic heterocycles. The highest BCUT2D eigenvalue weighted by Crippen LogP contribution is 2.14. The zero-order chi connectivity index (χ0) is 23.3. The monoisotopic (exact) mass is 538 g/mol. The van der Waals surface area contributed by atoms with Crippen molar-refractivity contribution >= 4 is 27.0 Å². The van der Waals surface area contributed by atoms with E-state index in [1.54, 1.807) is 0 Å². The second-order valence-corrected chi connectivity index (χ2v) is 11.8. The predicted molar refractivity (Wildman–Crippen MR) is 149 cm³/mol. The topological polar surface area (TPSA) is 48.2 Å². The van der Waals surface area contributed by atoms with Crippen LogP contribution < -0.4 is 0 Å². The Morgan fingerprint density at radius 3 is 1.53 bits per heavy atom. The smallest absolute Gasteiger partial charge is 0.0966 e. The van der Waals surface area contributed by atoms with Crippen LogP contribution >= 0.6 is 17.0 Å². The van der Waals surface area contributed by atoms with Crippen LogP contribution in [0.3, 0.4) is 0 Å². The van der Waals surface area contributed by atoms with E-state index in [-0.39, 0.29) is 22.7 Å². The number of rotatable bonds is 24. The van der Waals surface area contributed by atoms with Crippen LogP contribution in [0.1, 0.15) is 116 Å². The third kappa shape index (κ3) is 24.7. The normalized spacial score (nSPS) is 12.0. The molecule has 0 spiro atoms. The molecule has 0 aromatic heterocycles. The molecule has 0 N–H and O–H groups in total. The maximum atomic E-state index is 12.0. The summed E-state index contributed by atoms with van der Waals surface area (Å²) in [6.07, 6.45) is 23.5. The number of nitrogens with zero attached hydrogens (tertiary/aromatic N) is 2. The van der Waals surface area contributed by atoms with Crippen molar-refractivity contribution in [1.82, 2.24) is 0 Å². The minimum Gasteiger partial charge on any atom is -0.549 e. The lowest BCUT2D eigenvalue weighted by Crippen LogP contribution is -2.40. The van der Waals surface area contributed by atoms with E-state index in [9.17, 15) is 8.42 Å². The van der Waals surface area contributed by atoms with Crippen molar-refractivity contribution in [3.05, 3.63) is 17.4 Å². The minimum atomic E-state index is -3.23. The molecule has 194 valence electrons. The lowest BCUT2D eigenvalue weighted by molar-refractivity contribution is -0.884. The third-order valence-electron chi connectivity index (χ3n) is 6.09. The molecule has 0 atom stereocenters. The van der Waals surface area contributed by atoms with Crippen molar-refractivity contribution in [3.8, 4) is 0 Å². The SMILES string of the molecule is Br.C=CC[N+](C)(C)CCC[N-]S(=O)(=O)CCCCCCCCCCCCCCCCCC. The summed E-state index contributed by atoms with van der Waals surface area (Å²) in [5.74, 6) is 0.219. The van der Waals surface area contributed by atoms with Crippen molar-refractivity contribution < 1.29 is 12.9 Å². The van der Waals surface area contributed by atoms with Crippen molar-refractivity contribution in [1.29, 1.82) is 0 Å². The average Bonchev–Trinajstić information content (AvgIpc) is 2.71. The maximum Gasteiger partial charge on any atom is 0.0966 e. The molecule has 0 aliphatic carbocycles. The van der Waals surface area contributed by atoms with Crippen LogP contribution in [0.25, 0.3) is 4.72 Å². The van der Waals surface area contributed by atoms with Gasteiger partial charge in [0.05, 0.1) is 37.2 Å². The molecular formula is C26H55BrN2O2S. The van der Waals surface area contributed by atoms with Crippen LogP contribution in [0.15, 0.2) is 12.7 Å². The number of quaternary nitrogens is 1. The number of likely N-dealkylation sites (N-methyl/N-ethyl adjacent to an activating group) is 1. The lowest BCUT2D eigenvalue weighted by atomic mass is 10.0. The van der Waals surface area contributed by atoms with Crippen LogP contribution in [0.2, 0.25) is 0 Å². The summed E-state index contributed by atoms with van der Waals surface area (Å²) in [5, 5.41) is 0. The number of hydrogen-bond donors (Lipinski definition) is 0. The van der Waals surface area contributed by atoms with Gasteiger partial charge >= 0.3 is 0 Å². The molecule has 0 aliphatic rings. The van der Waals surface area contributed by atoms with Crippen LogP contribution in [-0.2, 0) is 10.0 Å². The first-order valence-corrected chi connectivity index (χ1v) is 14.8. The van der Waals surface area contributed by atoms with Crippen LogP contribution in [0.4, 0.5) is 0 Å². The summed E-state index contributed by atoms with van der Waals surface area (Å²) in [7, 11) is 1.03. The van der Waals surface area contributed by atoms with Gasteiger partial charge in [0.25, 0.3) is 0 Å². The van der Waals surface area contributed by atoms with Crippen LogP contribution in [0.5, 0.6) is 0 Å². The molecule has 0 bridgehead atoms. The highest BCUT2D eigenvalue weighted by Gasteiger charge is 2.10. The molecule has 0 fully saturated rings. The van der Waals surface area contributed by atoms with Gasteiger partial charge in [-0.3, -0.25) is 0 Å². The van der Waals surface area contributed by atoms with E-state index in [4.69, 9.17) is 0 Å². The Labute approximate surface area is 212 Å². The third-order valence-corrected chi connectivity index (χ3v) is 7.47. The van der Waals surface area contributed by atoms with Gasteiger partial charge in [0.15, 0.2) is 0 Å². The summed E-state index contributed by atoms with van der Waals surface area (Å²) in [6, 6.07) is 0. The second kappa shape index (κ2) is 22.9.